The number of halogens is 3. The molecule has 8 nitrogen and oxygen atoms in total. The Balaban J connectivity index is 1.63. The molecular formula is C20H13F3N4O4. The molecule has 0 fully saturated rings. The molecule has 11 heteroatoms. The number of nitrogens with zero attached hydrogens (tertiary/aromatic N) is 3. The third kappa shape index (κ3) is 5.60. The number of carbonyl (C=O) groups is 2. The minimum Gasteiger partial charge on any atom is -0.452 e. The van der Waals surface area contributed by atoms with E-state index in [1.807, 2.05) is 6.07 Å². The number of nitrogens with one attached hydrogen (secondary N) is 1. The molecule has 0 unspecified atom stereocenters. The predicted octanol–water partition coefficient (Wildman–Crippen LogP) is 3.44. The predicted molar refractivity (Wildman–Crippen MR) is 100 cm³/mol. The van der Waals surface area contributed by atoms with Crippen molar-refractivity contribution >= 4 is 17.7 Å². The number of rotatable bonds is 6. The summed E-state index contributed by atoms with van der Waals surface area (Å²) in [6.45, 7) is -0.690. The number of alkyl halides is 3. The van der Waals surface area contributed by atoms with E-state index >= 15 is 0 Å². The fourth-order valence-electron chi connectivity index (χ4n) is 2.49. The number of esters is 1. The normalized spacial score (nSPS) is 10.8. The minimum atomic E-state index is -4.85. The molecule has 0 aliphatic rings. The fourth-order valence-corrected chi connectivity index (χ4v) is 2.49. The lowest BCUT2D eigenvalue weighted by Crippen LogP contribution is -2.23. The molecule has 0 saturated heterocycles. The molecule has 158 valence electrons. The molecule has 0 aliphatic carbocycles. The number of carbonyl (C=O) groups excluding carboxylic acids is 2. The van der Waals surface area contributed by atoms with E-state index in [2.05, 4.69) is 15.2 Å². The number of anilines is 1. The summed E-state index contributed by atoms with van der Waals surface area (Å²) >= 11 is 0. The molecule has 0 atom stereocenters. The number of para-hydroxylation sites is 1. The van der Waals surface area contributed by atoms with Gasteiger partial charge in [0.25, 0.3) is 5.91 Å². The Morgan fingerprint density at radius 1 is 1.10 bits per heavy atom. The number of nitriles is 1. The monoisotopic (exact) mass is 430 g/mol. The van der Waals surface area contributed by atoms with Gasteiger partial charge < -0.3 is 14.8 Å². The van der Waals surface area contributed by atoms with Gasteiger partial charge in [0.1, 0.15) is 17.4 Å². The first-order valence-electron chi connectivity index (χ1n) is 8.63. The van der Waals surface area contributed by atoms with Crippen LogP contribution in [0.2, 0.25) is 0 Å². The molecule has 31 heavy (non-hydrogen) atoms. The first kappa shape index (κ1) is 21.4. The first-order chi connectivity index (χ1) is 14.8. The van der Waals surface area contributed by atoms with E-state index in [9.17, 15) is 28.0 Å². The second kappa shape index (κ2) is 9.00. The Morgan fingerprint density at radius 2 is 1.77 bits per heavy atom. The quantitative estimate of drug-likeness (QED) is 0.601. The lowest BCUT2D eigenvalue weighted by Gasteiger charge is -2.10. The summed E-state index contributed by atoms with van der Waals surface area (Å²) in [5, 5.41) is 15.8. The van der Waals surface area contributed by atoms with Gasteiger partial charge in [0.05, 0.1) is 17.4 Å². The molecule has 0 aliphatic heterocycles. The topological polar surface area (TPSA) is 106 Å². The highest BCUT2D eigenvalue weighted by molar-refractivity contribution is 5.95. The zero-order chi connectivity index (χ0) is 22.4. The van der Waals surface area contributed by atoms with Crippen LogP contribution >= 0.6 is 0 Å². The van der Waals surface area contributed by atoms with E-state index in [0.29, 0.717) is 5.69 Å². The number of hydrogen-bond donors (Lipinski definition) is 1. The van der Waals surface area contributed by atoms with Crippen molar-refractivity contribution in [3.8, 4) is 17.5 Å². The zero-order valence-corrected chi connectivity index (χ0v) is 15.6. The smallest absolute Gasteiger partial charge is 0.452 e. The molecule has 0 spiro atoms. The van der Waals surface area contributed by atoms with E-state index in [-0.39, 0.29) is 16.9 Å². The van der Waals surface area contributed by atoms with Crippen LogP contribution in [0.5, 0.6) is 5.75 Å². The number of aromatic nitrogens is 2. The van der Waals surface area contributed by atoms with Crippen LogP contribution in [-0.2, 0) is 9.53 Å². The van der Waals surface area contributed by atoms with Crippen LogP contribution < -0.4 is 10.1 Å². The number of hydrogen-bond acceptors (Lipinski definition) is 6. The molecule has 0 saturated carbocycles. The summed E-state index contributed by atoms with van der Waals surface area (Å²) in [6.07, 6.45) is -3.58. The van der Waals surface area contributed by atoms with Gasteiger partial charge in [-0.3, -0.25) is 4.79 Å². The largest absolute Gasteiger partial charge is 0.573 e. The van der Waals surface area contributed by atoms with Gasteiger partial charge in [-0.15, -0.1) is 13.2 Å². The molecule has 1 aromatic heterocycles. The average molecular weight is 430 g/mol. The first-order valence-corrected chi connectivity index (χ1v) is 8.63. The third-order valence-corrected chi connectivity index (χ3v) is 3.81. The molecule has 0 radical (unpaired) electrons. The number of ether oxygens (including phenoxy) is 2. The van der Waals surface area contributed by atoms with Crippen LogP contribution in [0.15, 0.2) is 60.8 Å². The van der Waals surface area contributed by atoms with Crippen LogP contribution in [0.1, 0.15) is 15.9 Å². The lowest BCUT2D eigenvalue weighted by atomic mass is 10.2. The van der Waals surface area contributed by atoms with Gasteiger partial charge in [-0.25, -0.2) is 9.48 Å². The van der Waals surface area contributed by atoms with Gasteiger partial charge in [-0.05, 0) is 36.4 Å². The van der Waals surface area contributed by atoms with Gasteiger partial charge in [0.15, 0.2) is 12.4 Å². The zero-order valence-electron chi connectivity index (χ0n) is 15.6. The van der Waals surface area contributed by atoms with Gasteiger partial charge in [0, 0.05) is 0 Å². The summed E-state index contributed by atoms with van der Waals surface area (Å²) in [5.41, 5.74) is 0.621. The van der Waals surface area contributed by atoms with Gasteiger partial charge in [0.2, 0.25) is 0 Å². The van der Waals surface area contributed by atoms with E-state index in [1.165, 1.54) is 10.9 Å². The minimum absolute atomic E-state index is 0.0747. The van der Waals surface area contributed by atoms with Crippen LogP contribution in [0.25, 0.3) is 5.69 Å². The Labute approximate surface area is 173 Å². The van der Waals surface area contributed by atoms with Gasteiger partial charge in [-0.2, -0.15) is 10.4 Å². The molecule has 1 heterocycles. The van der Waals surface area contributed by atoms with Crippen molar-refractivity contribution in [1.82, 2.24) is 9.78 Å². The van der Waals surface area contributed by atoms with Crippen molar-refractivity contribution < 1.29 is 32.2 Å². The molecule has 1 amide bonds. The van der Waals surface area contributed by atoms with Crippen LogP contribution in [0.3, 0.4) is 0 Å². The van der Waals surface area contributed by atoms with E-state index < -0.39 is 30.6 Å². The molecule has 2 aromatic carbocycles. The van der Waals surface area contributed by atoms with Gasteiger partial charge in [-0.1, -0.05) is 18.2 Å². The summed E-state index contributed by atoms with van der Waals surface area (Å²) in [5.74, 6) is -2.06. The van der Waals surface area contributed by atoms with Crippen molar-refractivity contribution in [2.24, 2.45) is 0 Å². The highest BCUT2D eigenvalue weighted by atomic mass is 19.4. The third-order valence-electron chi connectivity index (χ3n) is 3.81. The fraction of sp³-hybridized carbons (Fsp3) is 0.100. The van der Waals surface area contributed by atoms with Crippen molar-refractivity contribution in [3.05, 3.63) is 71.9 Å². The van der Waals surface area contributed by atoms with Crippen molar-refractivity contribution in [2.75, 3.05) is 11.9 Å². The van der Waals surface area contributed by atoms with E-state index in [1.54, 1.807) is 30.3 Å². The maximum atomic E-state index is 12.2. The highest BCUT2D eigenvalue weighted by Crippen LogP contribution is 2.23. The molecule has 3 rings (SSSR count). The van der Waals surface area contributed by atoms with Gasteiger partial charge >= 0.3 is 12.3 Å². The Morgan fingerprint density at radius 3 is 2.39 bits per heavy atom. The van der Waals surface area contributed by atoms with Crippen molar-refractivity contribution in [3.63, 3.8) is 0 Å². The molecule has 1 N–H and O–H groups in total. The summed E-state index contributed by atoms with van der Waals surface area (Å²) in [4.78, 5) is 24.2. The maximum Gasteiger partial charge on any atom is 0.573 e. The van der Waals surface area contributed by atoms with E-state index in [0.717, 1.165) is 24.3 Å². The standard InChI is InChI=1S/C20H13F3N4O4/c21-20(22,23)31-16-8-6-13(7-9-16)19(29)30-12-17(28)26-18-14(10-24)11-25-27(18)15-4-2-1-3-5-15/h1-9,11H,12H2,(H,26,28). The number of amides is 1. The van der Waals surface area contributed by atoms with Crippen molar-refractivity contribution in [2.45, 2.75) is 6.36 Å². The number of benzene rings is 2. The van der Waals surface area contributed by atoms with Crippen LogP contribution in [-0.4, -0.2) is 34.6 Å². The summed E-state index contributed by atoms with van der Waals surface area (Å²) in [6, 6.07) is 14.7. The van der Waals surface area contributed by atoms with Crippen molar-refractivity contribution in [1.29, 1.82) is 5.26 Å². The molecule has 3 aromatic rings. The molecular weight excluding hydrogens is 417 g/mol. The van der Waals surface area contributed by atoms with E-state index in [4.69, 9.17) is 4.74 Å². The second-order valence-electron chi connectivity index (χ2n) is 5.96. The summed E-state index contributed by atoms with van der Waals surface area (Å²) in [7, 11) is 0. The maximum absolute atomic E-state index is 12.2. The highest BCUT2D eigenvalue weighted by Gasteiger charge is 2.31. The Hall–Kier alpha value is -4.33. The molecule has 0 bridgehead atoms. The Kier molecular flexibility index (Phi) is 6.21. The second-order valence-corrected chi connectivity index (χ2v) is 5.96. The summed E-state index contributed by atoms with van der Waals surface area (Å²) < 4.78 is 46.4. The van der Waals surface area contributed by atoms with Crippen LogP contribution in [0.4, 0.5) is 19.0 Å². The Bertz CT molecular complexity index is 1120. The lowest BCUT2D eigenvalue weighted by molar-refractivity contribution is -0.274. The van der Waals surface area contributed by atoms with Crippen LogP contribution in [0, 0.1) is 11.3 Å². The SMILES string of the molecule is N#Cc1cnn(-c2ccccc2)c1NC(=O)COC(=O)c1ccc(OC(F)(F)F)cc1. The average Bonchev–Trinajstić information content (AvgIpc) is 3.14.